The van der Waals surface area contributed by atoms with Gasteiger partial charge in [-0.2, -0.15) is 0 Å². The highest BCUT2D eigenvalue weighted by molar-refractivity contribution is 7.14. The molecule has 1 rings (SSSR count). The minimum Gasteiger partial charge on any atom is -0.348 e. The smallest absolute Gasteiger partial charge is 0.261 e. The van der Waals surface area contributed by atoms with Crippen LogP contribution in [0.15, 0.2) is 6.07 Å². The van der Waals surface area contributed by atoms with E-state index in [1.807, 2.05) is 19.9 Å². The van der Waals surface area contributed by atoms with Gasteiger partial charge in [-0.05, 0) is 37.8 Å². The van der Waals surface area contributed by atoms with E-state index in [2.05, 4.69) is 19.2 Å². The molecule has 1 aromatic heterocycles. The number of carbonyl (C=O) groups is 1. The Hall–Kier alpha value is -0.540. The molecule has 1 unspecified atom stereocenters. The summed E-state index contributed by atoms with van der Waals surface area (Å²) in [5.41, 5.74) is 1.18. The Morgan fingerprint density at radius 2 is 2.12 bits per heavy atom. The molecule has 0 aromatic carbocycles. The fourth-order valence-corrected chi connectivity index (χ4v) is 2.79. The van der Waals surface area contributed by atoms with Gasteiger partial charge in [0.25, 0.3) is 5.91 Å². The molecule has 1 amide bonds. The van der Waals surface area contributed by atoms with Crippen LogP contribution in [-0.2, 0) is 0 Å². The average Bonchev–Trinajstić information content (AvgIpc) is 2.58. The maximum absolute atomic E-state index is 12.1. The van der Waals surface area contributed by atoms with Crippen LogP contribution in [0.1, 0.15) is 40.4 Å². The third-order valence-corrected chi connectivity index (χ3v) is 4.30. The first kappa shape index (κ1) is 14.5. The molecule has 0 aliphatic rings. The first-order valence-corrected chi connectivity index (χ1v) is 7.24. The van der Waals surface area contributed by atoms with E-state index >= 15 is 0 Å². The van der Waals surface area contributed by atoms with E-state index in [0.29, 0.717) is 11.8 Å². The van der Waals surface area contributed by atoms with E-state index in [1.54, 1.807) is 11.3 Å². The van der Waals surface area contributed by atoms with Crippen LogP contribution in [0.5, 0.6) is 0 Å². The maximum Gasteiger partial charge on any atom is 0.261 e. The fourth-order valence-electron chi connectivity index (χ4n) is 1.61. The molecule has 17 heavy (non-hydrogen) atoms. The Morgan fingerprint density at radius 1 is 1.47 bits per heavy atom. The summed E-state index contributed by atoms with van der Waals surface area (Å²) in [6.07, 6.45) is 0.814. The van der Waals surface area contributed by atoms with Crippen molar-refractivity contribution in [2.45, 2.75) is 40.2 Å². The predicted octanol–water partition coefficient (Wildman–Crippen LogP) is 3.75. The molecule has 1 atom stereocenters. The van der Waals surface area contributed by atoms with Crippen molar-refractivity contribution >= 4 is 28.8 Å². The zero-order valence-corrected chi connectivity index (χ0v) is 12.4. The number of alkyl halides is 1. The van der Waals surface area contributed by atoms with Gasteiger partial charge in [-0.1, -0.05) is 13.8 Å². The van der Waals surface area contributed by atoms with Crippen molar-refractivity contribution in [3.05, 3.63) is 21.4 Å². The molecule has 1 heterocycles. The number of rotatable bonds is 5. The zero-order valence-electron chi connectivity index (χ0n) is 10.8. The van der Waals surface area contributed by atoms with Gasteiger partial charge in [-0.25, -0.2) is 0 Å². The Labute approximate surface area is 112 Å². The van der Waals surface area contributed by atoms with E-state index < -0.39 is 0 Å². The van der Waals surface area contributed by atoms with Crippen LogP contribution in [0.25, 0.3) is 0 Å². The number of thiophene rings is 1. The fraction of sp³-hybridized carbons (Fsp3) is 0.615. The SMILES string of the molecule is Cc1cc(C(=O)NC(CCCl)C(C)C)sc1C. The summed E-state index contributed by atoms with van der Waals surface area (Å²) in [5, 5.41) is 3.06. The number of carbonyl (C=O) groups excluding carboxylic acids is 1. The second-order valence-corrected chi connectivity index (χ2v) is 6.29. The van der Waals surface area contributed by atoms with Gasteiger partial charge in [0.05, 0.1) is 4.88 Å². The van der Waals surface area contributed by atoms with Gasteiger partial charge < -0.3 is 5.32 Å². The first-order valence-electron chi connectivity index (χ1n) is 5.89. The van der Waals surface area contributed by atoms with Gasteiger partial charge >= 0.3 is 0 Å². The lowest BCUT2D eigenvalue weighted by molar-refractivity contribution is 0.0929. The van der Waals surface area contributed by atoms with Gasteiger partial charge in [-0.3, -0.25) is 4.79 Å². The van der Waals surface area contributed by atoms with Crippen LogP contribution in [0.4, 0.5) is 0 Å². The summed E-state index contributed by atoms with van der Waals surface area (Å²) in [4.78, 5) is 14.1. The van der Waals surface area contributed by atoms with Crippen LogP contribution < -0.4 is 5.32 Å². The van der Waals surface area contributed by atoms with Crippen molar-refractivity contribution in [1.29, 1.82) is 0 Å². The van der Waals surface area contributed by atoms with E-state index in [-0.39, 0.29) is 11.9 Å². The summed E-state index contributed by atoms with van der Waals surface area (Å²) in [6, 6.07) is 2.11. The van der Waals surface area contributed by atoms with Crippen molar-refractivity contribution in [1.82, 2.24) is 5.32 Å². The Kier molecular flexibility index (Phi) is 5.47. The molecule has 1 N–H and O–H groups in total. The molecule has 0 bridgehead atoms. The van der Waals surface area contributed by atoms with Crippen molar-refractivity contribution in [3.63, 3.8) is 0 Å². The molecule has 0 saturated heterocycles. The Balaban J connectivity index is 2.70. The number of hydrogen-bond donors (Lipinski definition) is 1. The van der Waals surface area contributed by atoms with Crippen LogP contribution in [0.3, 0.4) is 0 Å². The molecule has 4 heteroatoms. The summed E-state index contributed by atoms with van der Waals surface area (Å²) in [6.45, 7) is 8.27. The van der Waals surface area contributed by atoms with E-state index in [9.17, 15) is 4.79 Å². The van der Waals surface area contributed by atoms with Crippen LogP contribution in [0.2, 0.25) is 0 Å². The van der Waals surface area contributed by atoms with Gasteiger partial charge in [0, 0.05) is 16.8 Å². The molecule has 1 aromatic rings. The quantitative estimate of drug-likeness (QED) is 0.814. The highest BCUT2D eigenvalue weighted by atomic mass is 35.5. The molecule has 0 saturated carbocycles. The molecule has 0 aliphatic heterocycles. The Bertz CT molecular complexity index is 367. The first-order chi connectivity index (χ1) is 7.95. The molecule has 0 spiro atoms. The lowest BCUT2D eigenvalue weighted by Crippen LogP contribution is -2.38. The van der Waals surface area contributed by atoms with E-state index in [4.69, 9.17) is 11.6 Å². The number of hydrogen-bond acceptors (Lipinski definition) is 2. The van der Waals surface area contributed by atoms with Crippen LogP contribution in [0, 0.1) is 19.8 Å². The van der Waals surface area contributed by atoms with Crippen molar-refractivity contribution in [3.8, 4) is 0 Å². The van der Waals surface area contributed by atoms with Gasteiger partial charge in [0.15, 0.2) is 0 Å². The minimum atomic E-state index is 0.0232. The lowest BCUT2D eigenvalue weighted by atomic mass is 10.0. The summed E-state index contributed by atoms with van der Waals surface area (Å²) in [5.74, 6) is 1.00. The summed E-state index contributed by atoms with van der Waals surface area (Å²) >= 11 is 7.30. The molecule has 2 nitrogen and oxygen atoms in total. The maximum atomic E-state index is 12.1. The number of aryl methyl sites for hydroxylation is 2. The molecule has 0 aliphatic carbocycles. The van der Waals surface area contributed by atoms with Gasteiger partial charge in [-0.15, -0.1) is 22.9 Å². The van der Waals surface area contributed by atoms with Crippen molar-refractivity contribution < 1.29 is 4.79 Å². The van der Waals surface area contributed by atoms with Gasteiger partial charge in [0.1, 0.15) is 0 Å². The zero-order chi connectivity index (χ0) is 13.0. The number of amides is 1. The van der Waals surface area contributed by atoms with E-state index in [0.717, 1.165) is 11.3 Å². The molecule has 0 radical (unpaired) electrons. The molecule has 96 valence electrons. The third-order valence-electron chi connectivity index (χ3n) is 2.93. The lowest BCUT2D eigenvalue weighted by Gasteiger charge is -2.20. The summed E-state index contributed by atoms with van der Waals surface area (Å²) < 4.78 is 0. The van der Waals surface area contributed by atoms with Crippen LogP contribution in [-0.4, -0.2) is 17.8 Å². The average molecular weight is 274 g/mol. The summed E-state index contributed by atoms with van der Waals surface area (Å²) in [7, 11) is 0. The van der Waals surface area contributed by atoms with Crippen molar-refractivity contribution in [2.24, 2.45) is 5.92 Å². The minimum absolute atomic E-state index is 0.0232. The standard InChI is InChI=1S/C13H20ClNOS/c1-8(2)11(5-6-14)15-13(16)12-7-9(3)10(4)17-12/h7-8,11H,5-6H2,1-4H3,(H,15,16). The van der Waals surface area contributed by atoms with E-state index in [1.165, 1.54) is 10.4 Å². The normalized spacial score (nSPS) is 12.8. The number of halogens is 1. The van der Waals surface area contributed by atoms with Gasteiger partial charge in [0.2, 0.25) is 0 Å². The highest BCUT2D eigenvalue weighted by Gasteiger charge is 2.18. The number of nitrogens with one attached hydrogen (secondary N) is 1. The van der Waals surface area contributed by atoms with Crippen LogP contribution >= 0.6 is 22.9 Å². The second kappa shape index (κ2) is 6.41. The largest absolute Gasteiger partial charge is 0.348 e. The topological polar surface area (TPSA) is 29.1 Å². The second-order valence-electron chi connectivity index (χ2n) is 4.65. The third kappa shape index (κ3) is 4.00. The predicted molar refractivity (Wildman–Crippen MR) is 75.2 cm³/mol. The molecular formula is C13H20ClNOS. The Morgan fingerprint density at radius 3 is 2.53 bits per heavy atom. The molecular weight excluding hydrogens is 254 g/mol. The molecule has 0 fully saturated rings. The monoisotopic (exact) mass is 273 g/mol. The van der Waals surface area contributed by atoms with Crippen molar-refractivity contribution in [2.75, 3.05) is 5.88 Å². The highest BCUT2D eigenvalue weighted by Crippen LogP contribution is 2.21.